The van der Waals surface area contributed by atoms with Gasteiger partial charge < -0.3 is 5.11 Å². The molecule has 0 aliphatic heterocycles. The number of carboxylic acid groups (broad SMARTS) is 1. The highest BCUT2D eigenvalue weighted by atomic mass is 32.2. The van der Waals surface area contributed by atoms with Crippen molar-refractivity contribution in [2.45, 2.75) is 29.8 Å². The van der Waals surface area contributed by atoms with E-state index in [1.54, 1.807) is 22.8 Å². The van der Waals surface area contributed by atoms with E-state index in [4.69, 9.17) is 5.11 Å². The predicted molar refractivity (Wildman–Crippen MR) is 74.1 cm³/mol. The number of thioether (sulfide) groups is 1. The lowest BCUT2D eigenvalue weighted by Gasteiger charge is -2.04. The number of aromatic nitrogens is 3. The topological polar surface area (TPSA) is 88.0 Å². The molecule has 1 aliphatic carbocycles. The molecule has 0 radical (unpaired) electrons. The number of hydrogen-bond acceptors (Lipinski definition) is 4. The first-order valence-electron chi connectivity index (χ1n) is 6.27. The van der Waals surface area contributed by atoms with Crippen LogP contribution in [0.15, 0.2) is 34.2 Å². The fourth-order valence-electron chi connectivity index (χ4n) is 1.99. The molecule has 0 atom stereocenters. The van der Waals surface area contributed by atoms with Gasteiger partial charge in [-0.05, 0) is 30.5 Å². The SMILES string of the molecule is O=C(O)c1cccc(CSc2n[nH]c(=O)n2C2CC2)c1. The standard InChI is InChI=1S/C13H13N3O3S/c17-11(18)9-3-1-2-8(6-9)7-20-13-15-14-12(19)16(13)10-4-5-10/h1-3,6,10H,4-5,7H2,(H,14,19)(H,17,18). The van der Waals surface area contributed by atoms with Crippen LogP contribution in [0, 0.1) is 0 Å². The first-order chi connectivity index (χ1) is 9.65. The summed E-state index contributed by atoms with van der Waals surface area (Å²) >= 11 is 1.44. The third-order valence-corrected chi connectivity index (χ3v) is 4.15. The Morgan fingerprint density at radius 2 is 2.30 bits per heavy atom. The molecule has 1 aliphatic rings. The molecule has 1 fully saturated rings. The van der Waals surface area contributed by atoms with Gasteiger partial charge in [-0.1, -0.05) is 23.9 Å². The largest absolute Gasteiger partial charge is 0.478 e. The smallest absolute Gasteiger partial charge is 0.344 e. The number of benzene rings is 1. The first-order valence-corrected chi connectivity index (χ1v) is 7.25. The van der Waals surface area contributed by atoms with Crippen molar-refractivity contribution in [1.82, 2.24) is 14.8 Å². The Hall–Kier alpha value is -2.02. The molecule has 0 amide bonds. The molecule has 1 saturated carbocycles. The molecule has 0 bridgehead atoms. The first kappa shape index (κ1) is 13.0. The van der Waals surface area contributed by atoms with Crippen LogP contribution in [0.2, 0.25) is 0 Å². The summed E-state index contributed by atoms with van der Waals surface area (Å²) < 4.78 is 1.69. The quantitative estimate of drug-likeness (QED) is 0.821. The molecule has 6 nitrogen and oxygen atoms in total. The van der Waals surface area contributed by atoms with Gasteiger partial charge in [0.05, 0.1) is 5.56 Å². The molecule has 3 rings (SSSR count). The van der Waals surface area contributed by atoms with E-state index in [0.717, 1.165) is 18.4 Å². The van der Waals surface area contributed by atoms with Gasteiger partial charge in [-0.2, -0.15) is 0 Å². The molecule has 20 heavy (non-hydrogen) atoms. The third kappa shape index (κ3) is 2.62. The number of nitrogens with zero attached hydrogens (tertiary/aromatic N) is 2. The van der Waals surface area contributed by atoms with E-state index in [2.05, 4.69) is 10.2 Å². The monoisotopic (exact) mass is 291 g/mol. The number of rotatable bonds is 5. The van der Waals surface area contributed by atoms with Gasteiger partial charge in [-0.25, -0.2) is 14.7 Å². The molecule has 1 aromatic carbocycles. The second-order valence-corrected chi connectivity index (χ2v) is 5.65. The second-order valence-electron chi connectivity index (χ2n) is 4.71. The summed E-state index contributed by atoms with van der Waals surface area (Å²) in [7, 11) is 0. The van der Waals surface area contributed by atoms with Gasteiger partial charge in [-0.3, -0.25) is 4.57 Å². The Bertz CT molecular complexity index is 703. The van der Waals surface area contributed by atoms with Crippen molar-refractivity contribution in [2.24, 2.45) is 0 Å². The maximum absolute atomic E-state index is 11.6. The Morgan fingerprint density at radius 1 is 1.50 bits per heavy atom. The highest BCUT2D eigenvalue weighted by Crippen LogP contribution is 2.36. The van der Waals surface area contributed by atoms with Gasteiger partial charge in [0.25, 0.3) is 0 Å². The summed E-state index contributed by atoms with van der Waals surface area (Å²) in [6, 6.07) is 7.06. The molecule has 1 heterocycles. The van der Waals surface area contributed by atoms with Gasteiger partial charge in [0.1, 0.15) is 0 Å². The Balaban J connectivity index is 1.75. The third-order valence-electron chi connectivity index (χ3n) is 3.13. The van der Waals surface area contributed by atoms with Gasteiger partial charge in [-0.15, -0.1) is 5.10 Å². The lowest BCUT2D eigenvalue weighted by molar-refractivity contribution is 0.0697. The van der Waals surface area contributed by atoms with Crippen LogP contribution in [-0.4, -0.2) is 25.8 Å². The summed E-state index contributed by atoms with van der Waals surface area (Å²) in [5, 5.41) is 16.1. The average molecular weight is 291 g/mol. The van der Waals surface area contributed by atoms with Crippen molar-refractivity contribution < 1.29 is 9.90 Å². The number of carboxylic acids is 1. The van der Waals surface area contributed by atoms with Crippen LogP contribution in [0.25, 0.3) is 0 Å². The molecule has 0 unspecified atom stereocenters. The average Bonchev–Trinajstić information content (AvgIpc) is 3.20. The van der Waals surface area contributed by atoms with Crippen molar-refractivity contribution in [3.63, 3.8) is 0 Å². The van der Waals surface area contributed by atoms with Crippen molar-refractivity contribution in [3.05, 3.63) is 45.9 Å². The fraction of sp³-hybridized carbons (Fsp3) is 0.308. The minimum absolute atomic E-state index is 0.172. The van der Waals surface area contributed by atoms with Gasteiger partial charge in [0.2, 0.25) is 0 Å². The molecule has 0 saturated heterocycles. The predicted octanol–water partition coefficient (Wildman–Crippen LogP) is 1.90. The molecule has 0 spiro atoms. The van der Waals surface area contributed by atoms with Crippen molar-refractivity contribution in [3.8, 4) is 0 Å². The van der Waals surface area contributed by atoms with Crippen molar-refractivity contribution >= 4 is 17.7 Å². The molecular weight excluding hydrogens is 278 g/mol. The highest BCUT2D eigenvalue weighted by Gasteiger charge is 2.28. The summed E-state index contributed by atoms with van der Waals surface area (Å²) in [4.78, 5) is 22.5. The Morgan fingerprint density at radius 3 is 3.00 bits per heavy atom. The molecular formula is C13H13N3O3S. The number of H-pyrrole nitrogens is 1. The minimum atomic E-state index is -0.938. The van der Waals surface area contributed by atoms with Crippen LogP contribution in [-0.2, 0) is 5.75 Å². The molecule has 104 valence electrons. The van der Waals surface area contributed by atoms with E-state index in [-0.39, 0.29) is 17.3 Å². The Labute approximate surface area is 118 Å². The van der Waals surface area contributed by atoms with Crippen LogP contribution in [0.1, 0.15) is 34.8 Å². The number of carbonyl (C=O) groups is 1. The second kappa shape index (κ2) is 5.16. The molecule has 7 heteroatoms. The maximum atomic E-state index is 11.6. The van der Waals surface area contributed by atoms with E-state index < -0.39 is 5.97 Å². The molecule has 2 N–H and O–H groups in total. The van der Waals surface area contributed by atoms with Crippen LogP contribution in [0.4, 0.5) is 0 Å². The number of hydrogen-bond donors (Lipinski definition) is 2. The molecule has 2 aromatic rings. The fourth-order valence-corrected chi connectivity index (χ4v) is 2.95. The zero-order chi connectivity index (χ0) is 14.1. The zero-order valence-electron chi connectivity index (χ0n) is 10.6. The Kier molecular flexibility index (Phi) is 3.35. The zero-order valence-corrected chi connectivity index (χ0v) is 11.4. The minimum Gasteiger partial charge on any atom is -0.478 e. The number of aromatic amines is 1. The van der Waals surface area contributed by atoms with E-state index in [1.807, 2.05) is 6.07 Å². The van der Waals surface area contributed by atoms with E-state index >= 15 is 0 Å². The normalized spacial score (nSPS) is 14.4. The number of nitrogens with one attached hydrogen (secondary N) is 1. The van der Waals surface area contributed by atoms with Gasteiger partial charge in [0.15, 0.2) is 5.16 Å². The van der Waals surface area contributed by atoms with Crippen LogP contribution in [0.3, 0.4) is 0 Å². The van der Waals surface area contributed by atoms with Crippen LogP contribution < -0.4 is 5.69 Å². The van der Waals surface area contributed by atoms with E-state index in [9.17, 15) is 9.59 Å². The van der Waals surface area contributed by atoms with Crippen molar-refractivity contribution in [1.29, 1.82) is 0 Å². The summed E-state index contributed by atoms with van der Waals surface area (Å²) in [6.07, 6.45) is 2.03. The van der Waals surface area contributed by atoms with E-state index in [1.165, 1.54) is 11.8 Å². The van der Waals surface area contributed by atoms with Gasteiger partial charge in [0, 0.05) is 11.8 Å². The summed E-state index contributed by atoms with van der Waals surface area (Å²) in [5.74, 6) is -0.357. The van der Waals surface area contributed by atoms with Gasteiger partial charge >= 0.3 is 11.7 Å². The lowest BCUT2D eigenvalue weighted by Crippen LogP contribution is -2.16. The summed E-state index contributed by atoms with van der Waals surface area (Å²) in [6.45, 7) is 0. The molecule has 1 aromatic heterocycles. The van der Waals surface area contributed by atoms with E-state index in [0.29, 0.717) is 10.9 Å². The maximum Gasteiger partial charge on any atom is 0.344 e. The van der Waals surface area contributed by atoms with Crippen LogP contribution in [0.5, 0.6) is 0 Å². The lowest BCUT2D eigenvalue weighted by atomic mass is 10.1. The highest BCUT2D eigenvalue weighted by molar-refractivity contribution is 7.98. The summed E-state index contributed by atoms with van der Waals surface area (Å²) in [5.41, 5.74) is 0.992. The van der Waals surface area contributed by atoms with Crippen molar-refractivity contribution in [2.75, 3.05) is 0 Å². The van der Waals surface area contributed by atoms with Crippen LogP contribution >= 0.6 is 11.8 Å². The number of aromatic carboxylic acids is 1.